The molecule has 1 N–H and O–H groups in total. The number of rotatable bonds is 5. The lowest BCUT2D eigenvalue weighted by Gasteiger charge is -2.30. The van der Waals surface area contributed by atoms with Gasteiger partial charge in [-0.05, 0) is 56.0 Å². The number of thiophene rings is 1. The third-order valence-electron chi connectivity index (χ3n) is 6.03. The monoisotopic (exact) mass is 491 g/mol. The number of carbonyl (C=O) groups is 2. The molecule has 0 unspecified atom stereocenters. The molecule has 178 valence electrons. The molecule has 0 aliphatic carbocycles. The van der Waals surface area contributed by atoms with Crippen molar-refractivity contribution in [1.82, 2.24) is 9.21 Å². The summed E-state index contributed by atoms with van der Waals surface area (Å²) >= 11 is 1.07. The van der Waals surface area contributed by atoms with Gasteiger partial charge in [-0.3, -0.25) is 9.59 Å². The van der Waals surface area contributed by atoms with E-state index in [9.17, 15) is 18.0 Å². The Hall–Kier alpha value is -2.27. The predicted octanol–water partition coefficient (Wildman–Crippen LogP) is 2.88. The first-order valence-corrected chi connectivity index (χ1v) is 13.4. The standard InChI is InChI=1S/C23H29N3O5S2/c1-16-11-17(2)13-20(12-16)24-22(27)18-3-5-26(6-4-18)33(29,30)21-14-19(15-32-21)23(28)25-7-9-31-10-8-25/h11-15,18H,3-10H2,1-2H3,(H,24,27). The van der Waals surface area contributed by atoms with Crippen molar-refractivity contribution in [1.29, 1.82) is 0 Å². The van der Waals surface area contributed by atoms with Crippen LogP contribution in [0.4, 0.5) is 5.69 Å². The second-order valence-corrected chi connectivity index (χ2v) is 11.7. The molecule has 0 bridgehead atoms. The minimum absolute atomic E-state index is 0.0773. The van der Waals surface area contributed by atoms with Gasteiger partial charge in [0.1, 0.15) is 4.21 Å². The lowest BCUT2D eigenvalue weighted by atomic mass is 9.97. The van der Waals surface area contributed by atoms with E-state index in [1.54, 1.807) is 10.3 Å². The van der Waals surface area contributed by atoms with Crippen LogP contribution in [0.1, 0.15) is 34.3 Å². The van der Waals surface area contributed by atoms with Crippen molar-refractivity contribution in [3.8, 4) is 0 Å². The molecule has 1 aromatic heterocycles. The average molecular weight is 492 g/mol. The van der Waals surface area contributed by atoms with Gasteiger partial charge in [-0.15, -0.1) is 11.3 Å². The van der Waals surface area contributed by atoms with Gasteiger partial charge in [0, 0.05) is 43.2 Å². The van der Waals surface area contributed by atoms with E-state index in [-0.39, 0.29) is 35.0 Å². The highest BCUT2D eigenvalue weighted by Crippen LogP contribution is 2.29. The van der Waals surface area contributed by atoms with Crippen molar-refractivity contribution < 1.29 is 22.7 Å². The molecule has 0 spiro atoms. The van der Waals surface area contributed by atoms with E-state index >= 15 is 0 Å². The predicted molar refractivity (Wildman–Crippen MR) is 127 cm³/mol. The average Bonchev–Trinajstić information content (AvgIpc) is 3.30. The minimum atomic E-state index is -3.70. The highest BCUT2D eigenvalue weighted by atomic mass is 32.2. The summed E-state index contributed by atoms with van der Waals surface area (Å²) in [6.07, 6.45) is 0.918. The molecule has 4 rings (SSSR count). The highest BCUT2D eigenvalue weighted by Gasteiger charge is 2.33. The number of benzene rings is 1. The smallest absolute Gasteiger partial charge is 0.254 e. The molecule has 2 saturated heterocycles. The Labute approximate surface area is 198 Å². The van der Waals surface area contributed by atoms with Crippen LogP contribution in [0.2, 0.25) is 0 Å². The van der Waals surface area contributed by atoms with Gasteiger partial charge in [-0.1, -0.05) is 6.07 Å². The summed E-state index contributed by atoms with van der Waals surface area (Å²) in [4.78, 5) is 27.0. The first-order chi connectivity index (χ1) is 15.7. The number of sulfonamides is 1. The summed E-state index contributed by atoms with van der Waals surface area (Å²) in [5.74, 6) is -0.483. The van der Waals surface area contributed by atoms with Gasteiger partial charge in [0.2, 0.25) is 5.91 Å². The van der Waals surface area contributed by atoms with Crippen LogP contribution in [-0.2, 0) is 19.6 Å². The van der Waals surface area contributed by atoms with Crippen LogP contribution in [0.15, 0.2) is 33.9 Å². The molecule has 0 saturated carbocycles. The zero-order valence-corrected chi connectivity index (χ0v) is 20.5. The summed E-state index contributed by atoms with van der Waals surface area (Å²) in [5, 5.41) is 4.58. The molecule has 33 heavy (non-hydrogen) atoms. The summed E-state index contributed by atoms with van der Waals surface area (Å²) in [7, 11) is -3.70. The van der Waals surface area contributed by atoms with Crippen molar-refractivity contribution in [3.05, 3.63) is 46.3 Å². The Kier molecular flexibility index (Phi) is 7.18. The molecule has 2 aliphatic heterocycles. The van der Waals surface area contributed by atoms with E-state index in [1.165, 1.54) is 10.4 Å². The van der Waals surface area contributed by atoms with Gasteiger partial charge >= 0.3 is 0 Å². The SMILES string of the molecule is Cc1cc(C)cc(NC(=O)C2CCN(S(=O)(=O)c3cc(C(=O)N4CCOCC4)cs3)CC2)c1. The number of hydrogen-bond donors (Lipinski definition) is 1. The van der Waals surface area contributed by atoms with E-state index < -0.39 is 10.0 Å². The van der Waals surface area contributed by atoms with Crippen LogP contribution in [0, 0.1) is 19.8 Å². The molecule has 0 radical (unpaired) electrons. The number of piperidine rings is 1. The maximum absolute atomic E-state index is 13.1. The van der Waals surface area contributed by atoms with Crippen molar-refractivity contribution in [2.45, 2.75) is 30.9 Å². The Balaban J connectivity index is 1.36. The second-order valence-electron chi connectivity index (χ2n) is 8.60. The number of nitrogens with zero attached hydrogens (tertiary/aromatic N) is 2. The van der Waals surface area contributed by atoms with Crippen molar-refractivity contribution in [2.75, 3.05) is 44.7 Å². The largest absolute Gasteiger partial charge is 0.378 e. The summed E-state index contributed by atoms with van der Waals surface area (Å²) < 4.78 is 33.1. The quantitative estimate of drug-likeness (QED) is 0.694. The van der Waals surface area contributed by atoms with Crippen LogP contribution in [-0.4, -0.2) is 68.8 Å². The number of nitrogens with one attached hydrogen (secondary N) is 1. The molecule has 2 aromatic rings. The lowest BCUT2D eigenvalue weighted by molar-refractivity contribution is -0.120. The number of carbonyl (C=O) groups excluding carboxylic acids is 2. The fourth-order valence-electron chi connectivity index (χ4n) is 4.29. The zero-order chi connectivity index (χ0) is 23.6. The topological polar surface area (TPSA) is 96.0 Å². The van der Waals surface area contributed by atoms with E-state index in [1.807, 2.05) is 32.0 Å². The van der Waals surface area contributed by atoms with Gasteiger partial charge in [0.05, 0.1) is 18.8 Å². The fourth-order valence-corrected chi connectivity index (χ4v) is 7.07. The van der Waals surface area contributed by atoms with Gasteiger partial charge in [-0.2, -0.15) is 4.31 Å². The molecule has 3 heterocycles. The highest BCUT2D eigenvalue weighted by molar-refractivity contribution is 7.91. The zero-order valence-electron chi connectivity index (χ0n) is 18.9. The van der Waals surface area contributed by atoms with Crippen LogP contribution in [0.25, 0.3) is 0 Å². The maximum atomic E-state index is 13.1. The molecule has 8 nitrogen and oxygen atoms in total. The van der Waals surface area contributed by atoms with Gasteiger partial charge in [-0.25, -0.2) is 8.42 Å². The molecular formula is C23H29N3O5S2. The van der Waals surface area contributed by atoms with Gasteiger partial charge in [0.15, 0.2) is 0 Å². The van der Waals surface area contributed by atoms with E-state index in [0.29, 0.717) is 44.7 Å². The normalized spacial score (nSPS) is 18.3. The minimum Gasteiger partial charge on any atom is -0.378 e. The van der Waals surface area contributed by atoms with E-state index in [2.05, 4.69) is 5.32 Å². The molecule has 1 aromatic carbocycles. The van der Waals surface area contributed by atoms with E-state index in [4.69, 9.17) is 4.74 Å². The Bertz CT molecular complexity index is 1110. The summed E-state index contributed by atoms with van der Waals surface area (Å²) in [6.45, 7) is 6.52. The summed E-state index contributed by atoms with van der Waals surface area (Å²) in [5.41, 5.74) is 3.31. The summed E-state index contributed by atoms with van der Waals surface area (Å²) in [6, 6.07) is 7.37. The number of amides is 2. The third-order valence-corrected chi connectivity index (χ3v) is 9.34. The molecule has 2 fully saturated rings. The number of morpholine rings is 1. The Morgan fingerprint density at radius 1 is 1.00 bits per heavy atom. The second kappa shape index (κ2) is 9.92. The van der Waals surface area contributed by atoms with E-state index in [0.717, 1.165) is 28.2 Å². The third kappa shape index (κ3) is 5.46. The number of hydrogen-bond acceptors (Lipinski definition) is 6. The van der Waals surface area contributed by atoms with Crippen LogP contribution in [0.3, 0.4) is 0 Å². The number of ether oxygens (including phenoxy) is 1. The number of anilines is 1. The molecular weight excluding hydrogens is 462 g/mol. The van der Waals surface area contributed by atoms with Crippen LogP contribution in [0.5, 0.6) is 0 Å². The lowest BCUT2D eigenvalue weighted by Crippen LogP contribution is -2.41. The Morgan fingerprint density at radius 3 is 2.27 bits per heavy atom. The van der Waals surface area contributed by atoms with Crippen LogP contribution >= 0.6 is 11.3 Å². The maximum Gasteiger partial charge on any atom is 0.254 e. The number of aryl methyl sites for hydroxylation is 2. The molecule has 2 aliphatic rings. The molecule has 10 heteroatoms. The van der Waals surface area contributed by atoms with Crippen molar-refractivity contribution in [3.63, 3.8) is 0 Å². The van der Waals surface area contributed by atoms with Crippen molar-refractivity contribution in [2.24, 2.45) is 5.92 Å². The molecule has 2 amide bonds. The fraction of sp³-hybridized carbons (Fsp3) is 0.478. The Morgan fingerprint density at radius 2 is 1.64 bits per heavy atom. The van der Waals surface area contributed by atoms with Gasteiger partial charge < -0.3 is 15.0 Å². The first-order valence-electron chi connectivity index (χ1n) is 11.1. The molecule has 0 atom stereocenters. The van der Waals surface area contributed by atoms with Crippen LogP contribution < -0.4 is 5.32 Å². The van der Waals surface area contributed by atoms with Crippen molar-refractivity contribution >= 4 is 38.9 Å². The van der Waals surface area contributed by atoms with Gasteiger partial charge in [0.25, 0.3) is 15.9 Å². The first kappa shape index (κ1) is 23.9.